The summed E-state index contributed by atoms with van der Waals surface area (Å²) in [6.07, 6.45) is 0.702. The minimum Gasteiger partial charge on any atom is -0.374 e. The summed E-state index contributed by atoms with van der Waals surface area (Å²) in [6, 6.07) is 8.19. The molecule has 1 atom stereocenters. The van der Waals surface area contributed by atoms with E-state index in [9.17, 15) is 18.7 Å². The summed E-state index contributed by atoms with van der Waals surface area (Å²) in [7, 11) is 0. The van der Waals surface area contributed by atoms with E-state index >= 15 is 0 Å². The summed E-state index contributed by atoms with van der Waals surface area (Å²) in [4.78, 5) is 22.9. The average Bonchev–Trinajstić information content (AvgIpc) is 2.83. The van der Waals surface area contributed by atoms with Gasteiger partial charge >= 0.3 is 6.03 Å². The average molecular weight is 495 g/mol. The second kappa shape index (κ2) is 10.4. The molecule has 0 radical (unpaired) electrons. The van der Waals surface area contributed by atoms with Crippen LogP contribution in [0.2, 0.25) is 0 Å². The monoisotopic (exact) mass is 494 g/mol. The van der Waals surface area contributed by atoms with Gasteiger partial charge < -0.3 is 15.7 Å². The highest BCUT2D eigenvalue weighted by atomic mass is 19.1. The molecular formula is C26H28F2N6O2. The molecule has 0 aliphatic carbocycles. The number of nitrogens with zero attached hydrogens (tertiary/aromatic N) is 3. The molecule has 188 valence electrons. The fourth-order valence-electron chi connectivity index (χ4n) is 4.01. The van der Waals surface area contributed by atoms with Gasteiger partial charge in [0.2, 0.25) is 5.95 Å². The van der Waals surface area contributed by atoms with Crippen molar-refractivity contribution >= 4 is 23.5 Å². The number of amides is 2. The Hall–Kier alpha value is -3.89. The lowest BCUT2D eigenvalue weighted by Gasteiger charge is -2.31. The Balaban J connectivity index is 1.94. The third kappa shape index (κ3) is 4.91. The van der Waals surface area contributed by atoms with Gasteiger partial charge in [-0.3, -0.25) is 5.32 Å². The van der Waals surface area contributed by atoms with Gasteiger partial charge in [-0.05, 0) is 50.1 Å². The molecule has 4 rings (SSSR count). The lowest BCUT2D eigenvalue weighted by atomic mass is 9.97. The fraction of sp³-hybridized carbons (Fsp3) is 0.269. The van der Waals surface area contributed by atoms with E-state index in [2.05, 4.69) is 32.5 Å². The van der Waals surface area contributed by atoms with Crippen LogP contribution in [0.4, 0.5) is 31.0 Å². The second-order valence-electron chi connectivity index (χ2n) is 8.73. The number of halogens is 2. The standard InChI is InChI=1S/C26H28F2N6O2/c1-5-11-29-25-32-21(17-12-16(10-9-15(17)4)24(35)31-14(2)3)18-13-30-26(36)34(23(18)33-25)22-19(27)7-6-8-20(22)28/h5-10,12,14,24,31,35H,1,11,13H2,2-4H3,(H,30,36)(H,29,32,33). The number of para-hydroxylation sites is 1. The number of hydrogen-bond donors (Lipinski definition) is 4. The van der Waals surface area contributed by atoms with E-state index in [0.717, 1.165) is 22.6 Å². The lowest BCUT2D eigenvalue weighted by molar-refractivity contribution is 0.129. The number of benzene rings is 2. The first-order valence-corrected chi connectivity index (χ1v) is 11.5. The molecule has 1 aromatic heterocycles. The maximum Gasteiger partial charge on any atom is 0.328 e. The van der Waals surface area contributed by atoms with Crippen LogP contribution in [0, 0.1) is 18.6 Å². The molecule has 0 spiro atoms. The summed E-state index contributed by atoms with van der Waals surface area (Å²) in [6.45, 7) is 9.81. The zero-order chi connectivity index (χ0) is 26.0. The smallest absolute Gasteiger partial charge is 0.328 e. The Morgan fingerprint density at radius 3 is 2.61 bits per heavy atom. The SMILES string of the molecule is C=CCNc1nc(-c2cc(C(O)NC(C)C)ccc2C)c2c(n1)N(c1c(F)cccc1F)C(=O)NC2. The Morgan fingerprint density at radius 1 is 1.22 bits per heavy atom. The van der Waals surface area contributed by atoms with E-state index in [1.807, 2.05) is 32.9 Å². The number of aliphatic hydroxyl groups excluding tert-OH is 1. The Morgan fingerprint density at radius 2 is 1.94 bits per heavy atom. The topological polar surface area (TPSA) is 102 Å². The number of rotatable bonds is 8. The molecule has 1 aliphatic heterocycles. The second-order valence-corrected chi connectivity index (χ2v) is 8.73. The number of urea groups is 1. The number of carbonyl (C=O) groups excluding carboxylic acids is 1. The molecule has 10 heteroatoms. The lowest BCUT2D eigenvalue weighted by Crippen LogP contribution is -2.43. The molecular weight excluding hydrogens is 466 g/mol. The van der Waals surface area contributed by atoms with Crippen LogP contribution in [0.15, 0.2) is 49.1 Å². The van der Waals surface area contributed by atoms with Crippen LogP contribution in [0.25, 0.3) is 11.3 Å². The van der Waals surface area contributed by atoms with Crippen LogP contribution in [-0.4, -0.2) is 33.7 Å². The zero-order valence-corrected chi connectivity index (χ0v) is 20.3. The molecule has 2 aromatic carbocycles. The van der Waals surface area contributed by atoms with Gasteiger partial charge in [0.25, 0.3) is 0 Å². The van der Waals surface area contributed by atoms with Gasteiger partial charge in [0, 0.05) is 23.7 Å². The minimum atomic E-state index is -0.913. The number of aryl methyl sites for hydroxylation is 1. The number of anilines is 3. The van der Waals surface area contributed by atoms with E-state index in [-0.39, 0.29) is 24.4 Å². The molecule has 4 N–H and O–H groups in total. The molecule has 0 saturated carbocycles. The number of carbonyl (C=O) groups is 1. The van der Waals surface area contributed by atoms with E-state index in [0.29, 0.717) is 28.9 Å². The van der Waals surface area contributed by atoms with Crippen molar-refractivity contribution in [3.8, 4) is 11.3 Å². The highest BCUT2D eigenvalue weighted by Gasteiger charge is 2.34. The van der Waals surface area contributed by atoms with Crippen LogP contribution >= 0.6 is 0 Å². The first-order chi connectivity index (χ1) is 17.2. The molecule has 0 fully saturated rings. The van der Waals surface area contributed by atoms with Crippen LogP contribution in [0.1, 0.15) is 36.8 Å². The summed E-state index contributed by atoms with van der Waals surface area (Å²) in [5.74, 6) is -1.59. The molecule has 2 heterocycles. The van der Waals surface area contributed by atoms with Crippen molar-refractivity contribution in [1.82, 2.24) is 20.6 Å². The minimum absolute atomic E-state index is 0.0469. The molecule has 0 saturated heterocycles. The maximum atomic E-state index is 14.8. The van der Waals surface area contributed by atoms with E-state index < -0.39 is 29.6 Å². The molecule has 2 amide bonds. The third-order valence-corrected chi connectivity index (χ3v) is 5.71. The molecule has 1 unspecified atom stereocenters. The third-order valence-electron chi connectivity index (χ3n) is 5.71. The predicted molar refractivity (Wildman–Crippen MR) is 135 cm³/mol. The van der Waals surface area contributed by atoms with Gasteiger partial charge in [-0.2, -0.15) is 4.98 Å². The van der Waals surface area contributed by atoms with Crippen LogP contribution in [0.5, 0.6) is 0 Å². The first-order valence-electron chi connectivity index (χ1n) is 11.5. The van der Waals surface area contributed by atoms with E-state index in [1.165, 1.54) is 6.07 Å². The molecule has 0 bridgehead atoms. The molecule has 3 aromatic rings. The Kier molecular flexibility index (Phi) is 7.27. The van der Waals surface area contributed by atoms with Crippen molar-refractivity contribution in [2.75, 3.05) is 16.8 Å². The fourth-order valence-corrected chi connectivity index (χ4v) is 4.01. The van der Waals surface area contributed by atoms with Gasteiger partial charge in [0.1, 0.15) is 23.5 Å². The Bertz CT molecular complexity index is 1290. The van der Waals surface area contributed by atoms with E-state index in [4.69, 9.17) is 0 Å². The highest BCUT2D eigenvalue weighted by molar-refractivity contribution is 6.02. The van der Waals surface area contributed by atoms with Crippen molar-refractivity contribution in [2.24, 2.45) is 0 Å². The number of hydrogen-bond acceptors (Lipinski definition) is 6. The van der Waals surface area contributed by atoms with Crippen molar-refractivity contribution in [2.45, 2.75) is 39.6 Å². The van der Waals surface area contributed by atoms with Crippen molar-refractivity contribution in [3.63, 3.8) is 0 Å². The van der Waals surface area contributed by atoms with Gasteiger partial charge in [0.05, 0.1) is 12.2 Å². The largest absolute Gasteiger partial charge is 0.374 e. The van der Waals surface area contributed by atoms with Crippen molar-refractivity contribution in [3.05, 3.63) is 77.4 Å². The number of fused-ring (bicyclic) bond motifs is 1. The number of aromatic nitrogens is 2. The van der Waals surface area contributed by atoms with Gasteiger partial charge in [-0.15, -0.1) is 6.58 Å². The first kappa shape index (κ1) is 25.2. The van der Waals surface area contributed by atoms with Gasteiger partial charge in [-0.25, -0.2) is 23.5 Å². The van der Waals surface area contributed by atoms with Crippen molar-refractivity contribution < 1.29 is 18.7 Å². The summed E-state index contributed by atoms with van der Waals surface area (Å²) >= 11 is 0. The van der Waals surface area contributed by atoms with Crippen LogP contribution in [0.3, 0.4) is 0 Å². The van der Waals surface area contributed by atoms with Crippen LogP contribution in [-0.2, 0) is 6.54 Å². The van der Waals surface area contributed by atoms with Gasteiger partial charge in [-0.1, -0.05) is 24.3 Å². The number of nitrogens with one attached hydrogen (secondary N) is 3. The quantitative estimate of drug-likeness (QED) is 0.268. The van der Waals surface area contributed by atoms with E-state index in [1.54, 1.807) is 12.1 Å². The maximum absolute atomic E-state index is 14.8. The summed E-state index contributed by atoms with van der Waals surface area (Å²) < 4.78 is 29.5. The highest BCUT2D eigenvalue weighted by Crippen LogP contribution is 2.39. The van der Waals surface area contributed by atoms with Crippen molar-refractivity contribution in [1.29, 1.82) is 0 Å². The molecule has 36 heavy (non-hydrogen) atoms. The normalized spacial score (nSPS) is 13.9. The number of aliphatic hydroxyl groups is 1. The molecule has 8 nitrogen and oxygen atoms in total. The zero-order valence-electron chi connectivity index (χ0n) is 20.3. The summed E-state index contributed by atoms with van der Waals surface area (Å²) in [5, 5.41) is 19.4. The Labute approximate surface area is 208 Å². The predicted octanol–water partition coefficient (Wildman–Crippen LogP) is 4.68. The van der Waals surface area contributed by atoms with Gasteiger partial charge in [0.15, 0.2) is 5.82 Å². The summed E-state index contributed by atoms with van der Waals surface area (Å²) in [5.41, 5.74) is 2.57. The molecule has 1 aliphatic rings. The van der Waals surface area contributed by atoms with Crippen LogP contribution < -0.4 is 20.9 Å².